The van der Waals surface area contributed by atoms with E-state index in [1.807, 2.05) is 43.3 Å². The van der Waals surface area contributed by atoms with Crippen LogP contribution in [0.15, 0.2) is 53.8 Å². The predicted octanol–water partition coefficient (Wildman–Crippen LogP) is 4.46. The van der Waals surface area contributed by atoms with Crippen LogP contribution in [-0.2, 0) is 39.9 Å². The Labute approximate surface area is 277 Å². The molecule has 256 valence electrons. The average molecular weight is 652 g/mol. The average Bonchev–Trinajstić information content (AvgIpc) is 3.09. The first-order valence-corrected chi connectivity index (χ1v) is 17.0. The summed E-state index contributed by atoms with van der Waals surface area (Å²) in [5.41, 5.74) is 1.68. The number of amides is 3. The quantitative estimate of drug-likeness (QED) is 0.255. The van der Waals surface area contributed by atoms with E-state index in [4.69, 9.17) is 18.9 Å². The fourth-order valence-electron chi connectivity index (χ4n) is 7.33. The number of esters is 1. The van der Waals surface area contributed by atoms with Crippen molar-refractivity contribution in [2.24, 2.45) is 11.3 Å². The van der Waals surface area contributed by atoms with Gasteiger partial charge in [-0.05, 0) is 64.0 Å². The van der Waals surface area contributed by atoms with Crippen molar-refractivity contribution < 1.29 is 38.1 Å². The summed E-state index contributed by atoms with van der Waals surface area (Å²) in [4.78, 5) is 59.0. The van der Waals surface area contributed by atoms with Crippen LogP contribution in [0.25, 0.3) is 0 Å². The van der Waals surface area contributed by atoms with Gasteiger partial charge >= 0.3 is 12.1 Å². The van der Waals surface area contributed by atoms with E-state index >= 15 is 0 Å². The van der Waals surface area contributed by atoms with E-state index in [2.05, 4.69) is 6.08 Å². The Morgan fingerprint density at radius 3 is 2.47 bits per heavy atom. The Hall–Kier alpha value is -3.70. The SMILES string of the molecule is CCOC(=O)N1CCN(C(=O)C[C@H]2C[C@@]3(C(=O)OC)C(=C[C@H](COCc4ccccc4)O[C@@H]3C)N(CCC3=CCCCC3)C2=O)CC1. The molecule has 3 aliphatic heterocycles. The van der Waals surface area contributed by atoms with Gasteiger partial charge < -0.3 is 33.6 Å². The summed E-state index contributed by atoms with van der Waals surface area (Å²) in [5.74, 6) is -1.55. The van der Waals surface area contributed by atoms with E-state index in [0.29, 0.717) is 51.4 Å². The molecule has 3 heterocycles. The number of likely N-dealkylation sites (tertiary alicyclic amines) is 1. The van der Waals surface area contributed by atoms with E-state index in [0.717, 1.165) is 24.8 Å². The molecule has 47 heavy (non-hydrogen) atoms. The second kappa shape index (κ2) is 15.9. The maximum Gasteiger partial charge on any atom is 0.409 e. The van der Waals surface area contributed by atoms with Crippen LogP contribution in [0, 0.1) is 11.3 Å². The molecule has 11 heteroatoms. The third kappa shape index (κ3) is 7.89. The number of nitrogens with zero attached hydrogens (tertiary/aromatic N) is 3. The van der Waals surface area contributed by atoms with E-state index in [1.165, 1.54) is 19.1 Å². The molecule has 1 aromatic carbocycles. The highest BCUT2D eigenvalue weighted by Crippen LogP contribution is 2.50. The third-order valence-electron chi connectivity index (χ3n) is 9.91. The summed E-state index contributed by atoms with van der Waals surface area (Å²) >= 11 is 0. The van der Waals surface area contributed by atoms with Gasteiger partial charge in [0.15, 0.2) is 0 Å². The molecule has 4 atom stereocenters. The highest BCUT2D eigenvalue weighted by Gasteiger charge is 2.59. The fourth-order valence-corrected chi connectivity index (χ4v) is 7.33. The molecule has 2 saturated heterocycles. The number of rotatable bonds is 11. The number of piperazine rings is 1. The number of fused-ring (bicyclic) bond motifs is 1. The minimum absolute atomic E-state index is 0.0419. The standard InChI is InChI=1S/C36H49N3O8/c1-4-46-35(43)38-19-17-37(18-20-38)32(40)21-29-23-36(34(42)44-3)26(2)47-30(25-45-24-28-13-9-6-10-14-28)22-31(36)39(33(29)41)16-15-27-11-7-5-8-12-27/h6,9-11,13-14,22,26,29-30H,4-5,7-8,12,15-21,23-25H2,1-3H3/t26-,29+,30-,36+/m1/s1. The van der Waals surface area contributed by atoms with Gasteiger partial charge in [0.25, 0.3) is 0 Å². The number of carbonyl (C=O) groups is 4. The van der Waals surface area contributed by atoms with Crippen molar-refractivity contribution >= 4 is 23.9 Å². The summed E-state index contributed by atoms with van der Waals surface area (Å²) < 4.78 is 23.0. The lowest BCUT2D eigenvalue weighted by Gasteiger charge is -2.51. The van der Waals surface area contributed by atoms with Crippen LogP contribution in [0.1, 0.15) is 64.4 Å². The van der Waals surface area contributed by atoms with Crippen molar-refractivity contribution in [1.29, 1.82) is 0 Å². The van der Waals surface area contributed by atoms with E-state index in [-0.39, 0.29) is 44.0 Å². The van der Waals surface area contributed by atoms with Crippen molar-refractivity contribution in [1.82, 2.24) is 14.7 Å². The minimum Gasteiger partial charge on any atom is -0.468 e. The highest BCUT2D eigenvalue weighted by molar-refractivity contribution is 5.92. The second-order valence-electron chi connectivity index (χ2n) is 12.9. The van der Waals surface area contributed by atoms with Crippen LogP contribution in [0.3, 0.4) is 0 Å². The predicted molar refractivity (Wildman–Crippen MR) is 174 cm³/mol. The zero-order valence-electron chi connectivity index (χ0n) is 28.0. The Bertz CT molecular complexity index is 1340. The minimum atomic E-state index is -1.26. The molecule has 3 amide bonds. The zero-order chi connectivity index (χ0) is 33.4. The van der Waals surface area contributed by atoms with Gasteiger partial charge in [0, 0.05) is 50.8 Å². The second-order valence-corrected chi connectivity index (χ2v) is 12.9. The molecule has 4 aliphatic rings. The van der Waals surface area contributed by atoms with Crippen LogP contribution in [0.5, 0.6) is 0 Å². The summed E-state index contributed by atoms with van der Waals surface area (Å²) in [5, 5.41) is 0. The topological polar surface area (TPSA) is 115 Å². The first-order valence-electron chi connectivity index (χ1n) is 17.0. The van der Waals surface area contributed by atoms with Gasteiger partial charge in [0.1, 0.15) is 11.5 Å². The summed E-state index contributed by atoms with van der Waals surface area (Å²) in [6.07, 6.45) is 7.72. The number of benzene rings is 1. The molecule has 0 radical (unpaired) electrons. The monoisotopic (exact) mass is 651 g/mol. The first kappa shape index (κ1) is 34.6. The maximum atomic E-state index is 14.4. The van der Waals surface area contributed by atoms with Gasteiger partial charge in [0.05, 0.1) is 33.0 Å². The van der Waals surface area contributed by atoms with Gasteiger partial charge in [-0.25, -0.2) is 4.79 Å². The summed E-state index contributed by atoms with van der Waals surface area (Å²) in [7, 11) is 1.35. The van der Waals surface area contributed by atoms with Gasteiger partial charge in [-0.3, -0.25) is 14.4 Å². The molecule has 5 rings (SSSR count). The Balaban J connectivity index is 1.37. The number of carbonyl (C=O) groups excluding carboxylic acids is 4. The van der Waals surface area contributed by atoms with Crippen LogP contribution in [-0.4, -0.2) is 104 Å². The first-order chi connectivity index (χ1) is 22.8. The van der Waals surface area contributed by atoms with Crippen LogP contribution >= 0.6 is 0 Å². The Morgan fingerprint density at radius 1 is 1.04 bits per heavy atom. The lowest BCUT2D eigenvalue weighted by atomic mass is 9.66. The van der Waals surface area contributed by atoms with Crippen molar-refractivity contribution in [3.05, 3.63) is 59.3 Å². The normalized spacial score (nSPS) is 26.2. The lowest BCUT2D eigenvalue weighted by Crippen LogP contribution is -2.61. The Kier molecular flexibility index (Phi) is 11.7. The molecule has 11 nitrogen and oxygen atoms in total. The molecular weight excluding hydrogens is 602 g/mol. The molecule has 0 spiro atoms. The molecule has 0 N–H and O–H groups in total. The molecule has 0 bridgehead atoms. The number of piperidine rings is 1. The maximum absolute atomic E-state index is 14.4. The fraction of sp³-hybridized carbons (Fsp3) is 0.611. The van der Waals surface area contributed by atoms with Gasteiger partial charge in [-0.1, -0.05) is 42.0 Å². The lowest BCUT2D eigenvalue weighted by molar-refractivity contribution is -0.178. The highest BCUT2D eigenvalue weighted by atomic mass is 16.6. The summed E-state index contributed by atoms with van der Waals surface area (Å²) in [6, 6.07) is 9.87. The summed E-state index contributed by atoms with van der Waals surface area (Å²) in [6.45, 7) is 6.40. The molecule has 2 fully saturated rings. The number of hydrogen-bond acceptors (Lipinski definition) is 8. The number of ether oxygens (including phenoxy) is 4. The van der Waals surface area contributed by atoms with Gasteiger partial charge in [0.2, 0.25) is 11.8 Å². The molecule has 0 unspecified atom stereocenters. The molecule has 1 aliphatic carbocycles. The zero-order valence-corrected chi connectivity index (χ0v) is 28.0. The van der Waals surface area contributed by atoms with E-state index in [1.54, 1.807) is 21.6 Å². The van der Waals surface area contributed by atoms with E-state index in [9.17, 15) is 19.2 Å². The van der Waals surface area contributed by atoms with Crippen molar-refractivity contribution in [2.45, 2.75) is 77.6 Å². The third-order valence-corrected chi connectivity index (χ3v) is 9.91. The van der Waals surface area contributed by atoms with Crippen molar-refractivity contribution in [3.8, 4) is 0 Å². The van der Waals surface area contributed by atoms with Crippen LogP contribution in [0.2, 0.25) is 0 Å². The largest absolute Gasteiger partial charge is 0.468 e. The molecule has 0 aromatic heterocycles. The number of methoxy groups -OCH3 is 1. The molecule has 1 aromatic rings. The smallest absolute Gasteiger partial charge is 0.409 e. The Morgan fingerprint density at radius 2 is 1.79 bits per heavy atom. The van der Waals surface area contributed by atoms with Crippen molar-refractivity contribution in [3.63, 3.8) is 0 Å². The number of hydrogen-bond donors (Lipinski definition) is 0. The molecular formula is C36H49N3O8. The van der Waals surface area contributed by atoms with Crippen LogP contribution in [0.4, 0.5) is 4.79 Å². The van der Waals surface area contributed by atoms with Crippen molar-refractivity contribution in [2.75, 3.05) is 53.0 Å². The van der Waals surface area contributed by atoms with E-state index < -0.39 is 29.5 Å². The van der Waals surface area contributed by atoms with Crippen LogP contribution < -0.4 is 0 Å². The van der Waals surface area contributed by atoms with Gasteiger partial charge in [-0.15, -0.1) is 0 Å². The number of allylic oxidation sites excluding steroid dienone is 1. The molecule has 0 saturated carbocycles. The van der Waals surface area contributed by atoms with Gasteiger partial charge in [-0.2, -0.15) is 0 Å².